The summed E-state index contributed by atoms with van der Waals surface area (Å²) >= 11 is 6.38. The van der Waals surface area contributed by atoms with Crippen molar-refractivity contribution >= 4 is 17.6 Å². The van der Waals surface area contributed by atoms with Gasteiger partial charge >= 0.3 is 11.7 Å². The van der Waals surface area contributed by atoms with Crippen LogP contribution in [-0.4, -0.2) is 24.9 Å². The van der Waals surface area contributed by atoms with Gasteiger partial charge in [-0.1, -0.05) is 41.4 Å². The fraction of sp³-hybridized carbons (Fsp3) is 0.300. The maximum Gasteiger partial charge on any atom is 0.343 e. The summed E-state index contributed by atoms with van der Waals surface area (Å²) in [6.45, 7) is 3.85. The van der Waals surface area contributed by atoms with Gasteiger partial charge in [0.25, 0.3) is 5.56 Å². The minimum atomic E-state index is -0.671. The van der Waals surface area contributed by atoms with Gasteiger partial charge in [0, 0.05) is 20.2 Å². The van der Waals surface area contributed by atoms with Crippen LogP contribution in [0.3, 0.4) is 0 Å². The minimum Gasteiger partial charge on any atom is -0.456 e. The second-order valence-corrected chi connectivity index (χ2v) is 7.20. The Balaban J connectivity index is 1.80. The number of carbonyl (C=O) groups excluding carboxylic acids is 1. The van der Waals surface area contributed by atoms with Gasteiger partial charge in [0.2, 0.25) is 0 Å². The lowest BCUT2D eigenvalue weighted by atomic mass is 10.1. The second-order valence-electron chi connectivity index (χ2n) is 6.85. The van der Waals surface area contributed by atoms with E-state index in [4.69, 9.17) is 16.3 Å². The predicted octanol–water partition coefficient (Wildman–Crippen LogP) is 1.96. The number of esters is 1. The first-order valence-corrected chi connectivity index (χ1v) is 9.28. The van der Waals surface area contributed by atoms with Crippen molar-refractivity contribution in [2.75, 3.05) is 0 Å². The lowest BCUT2D eigenvalue weighted by molar-refractivity contribution is 0.0462. The number of benzene rings is 1. The molecule has 0 amide bonds. The van der Waals surface area contributed by atoms with Crippen molar-refractivity contribution in [1.29, 1.82) is 0 Å². The first-order valence-electron chi connectivity index (χ1n) is 8.90. The minimum absolute atomic E-state index is 0.160. The quantitative estimate of drug-likeness (QED) is 0.593. The Morgan fingerprint density at radius 2 is 1.76 bits per heavy atom. The van der Waals surface area contributed by atoms with Gasteiger partial charge in [0.05, 0.1) is 17.9 Å². The number of aromatic nitrogens is 4. The molecule has 1 aromatic carbocycles. The van der Waals surface area contributed by atoms with Gasteiger partial charge in [-0.2, -0.15) is 5.10 Å². The Labute approximate surface area is 171 Å². The van der Waals surface area contributed by atoms with E-state index in [0.717, 1.165) is 15.7 Å². The third kappa shape index (κ3) is 4.17. The Morgan fingerprint density at radius 3 is 2.41 bits per heavy atom. The number of aryl methyl sites for hydroxylation is 2. The van der Waals surface area contributed by atoms with Crippen LogP contribution in [0.25, 0.3) is 0 Å². The maximum absolute atomic E-state index is 12.6. The second kappa shape index (κ2) is 8.08. The van der Waals surface area contributed by atoms with Crippen molar-refractivity contribution in [2.24, 2.45) is 14.1 Å². The molecule has 0 fully saturated rings. The first-order chi connectivity index (χ1) is 13.7. The molecule has 0 atom stereocenters. The van der Waals surface area contributed by atoms with Crippen molar-refractivity contribution in [2.45, 2.75) is 27.0 Å². The SMILES string of the molecule is Cc1ccc(Cn2nc(C)c(C(=O)OCc3cc(=O)n(C)c(=O)n3C)c2Cl)cc1. The van der Waals surface area contributed by atoms with Gasteiger partial charge in [0.1, 0.15) is 17.3 Å². The maximum atomic E-state index is 12.6. The first kappa shape index (κ1) is 20.6. The molecule has 0 radical (unpaired) electrons. The van der Waals surface area contributed by atoms with E-state index in [1.54, 1.807) is 6.92 Å². The highest BCUT2D eigenvalue weighted by Gasteiger charge is 2.22. The Kier molecular flexibility index (Phi) is 5.74. The molecule has 0 spiro atoms. The van der Waals surface area contributed by atoms with E-state index in [9.17, 15) is 14.4 Å². The molecule has 0 N–H and O–H groups in total. The van der Waals surface area contributed by atoms with E-state index in [0.29, 0.717) is 12.2 Å². The van der Waals surface area contributed by atoms with E-state index < -0.39 is 17.2 Å². The number of hydrogen-bond donors (Lipinski definition) is 0. The van der Waals surface area contributed by atoms with Crippen LogP contribution in [0.4, 0.5) is 0 Å². The van der Waals surface area contributed by atoms with Crippen molar-refractivity contribution in [3.8, 4) is 0 Å². The van der Waals surface area contributed by atoms with Crippen molar-refractivity contribution in [3.05, 3.63) is 84.4 Å². The highest BCUT2D eigenvalue weighted by molar-refractivity contribution is 6.32. The number of carbonyl (C=O) groups is 1. The summed E-state index contributed by atoms with van der Waals surface area (Å²) in [5, 5.41) is 4.51. The van der Waals surface area contributed by atoms with Gasteiger partial charge in [-0.3, -0.25) is 13.9 Å². The van der Waals surface area contributed by atoms with Crippen LogP contribution in [0.15, 0.2) is 39.9 Å². The molecule has 0 saturated heterocycles. The van der Waals surface area contributed by atoms with Crippen LogP contribution < -0.4 is 11.2 Å². The fourth-order valence-electron chi connectivity index (χ4n) is 2.88. The molecule has 2 heterocycles. The van der Waals surface area contributed by atoms with Gasteiger partial charge in [-0.05, 0) is 19.4 Å². The van der Waals surface area contributed by atoms with Gasteiger partial charge in [-0.25, -0.2) is 14.3 Å². The van der Waals surface area contributed by atoms with Crippen LogP contribution in [0.5, 0.6) is 0 Å². The van der Waals surface area contributed by atoms with Crippen LogP contribution in [0.1, 0.15) is 32.9 Å². The average Bonchev–Trinajstić information content (AvgIpc) is 2.96. The molecule has 2 aromatic heterocycles. The predicted molar refractivity (Wildman–Crippen MR) is 108 cm³/mol. The number of hydrogen-bond acceptors (Lipinski definition) is 5. The number of ether oxygens (including phenoxy) is 1. The molecule has 8 nitrogen and oxygen atoms in total. The van der Waals surface area contributed by atoms with Gasteiger partial charge < -0.3 is 4.74 Å². The summed E-state index contributed by atoms with van der Waals surface area (Å²) in [5.41, 5.74) is 2.05. The Bertz CT molecular complexity index is 1190. The monoisotopic (exact) mass is 416 g/mol. The van der Waals surface area contributed by atoms with Crippen molar-refractivity contribution < 1.29 is 9.53 Å². The van der Waals surface area contributed by atoms with Crippen molar-refractivity contribution in [3.63, 3.8) is 0 Å². The molecular weight excluding hydrogens is 396 g/mol. The normalized spacial score (nSPS) is 10.9. The molecule has 0 aliphatic heterocycles. The highest BCUT2D eigenvalue weighted by Crippen LogP contribution is 2.22. The third-order valence-corrected chi connectivity index (χ3v) is 5.08. The molecule has 3 rings (SSSR count). The molecule has 0 aliphatic carbocycles. The van der Waals surface area contributed by atoms with E-state index >= 15 is 0 Å². The Hall–Kier alpha value is -3.13. The molecule has 9 heteroatoms. The molecule has 0 aliphatic rings. The van der Waals surface area contributed by atoms with Crippen LogP contribution in [0.2, 0.25) is 5.15 Å². The summed E-state index contributed by atoms with van der Waals surface area (Å²) in [6, 6.07) is 9.17. The summed E-state index contributed by atoms with van der Waals surface area (Å²) in [4.78, 5) is 36.4. The number of nitrogens with zero attached hydrogens (tertiary/aromatic N) is 4. The zero-order valence-electron chi connectivity index (χ0n) is 16.6. The van der Waals surface area contributed by atoms with Gasteiger partial charge in [-0.15, -0.1) is 0 Å². The molecule has 3 aromatic rings. The smallest absolute Gasteiger partial charge is 0.343 e. The summed E-state index contributed by atoms with van der Waals surface area (Å²) in [7, 11) is 2.88. The summed E-state index contributed by atoms with van der Waals surface area (Å²) < 4.78 is 9.06. The zero-order valence-corrected chi connectivity index (χ0v) is 17.4. The highest BCUT2D eigenvalue weighted by atomic mass is 35.5. The zero-order chi connectivity index (χ0) is 21.3. The van der Waals surface area contributed by atoms with Crippen LogP contribution in [0, 0.1) is 13.8 Å². The van der Waals surface area contributed by atoms with E-state index in [2.05, 4.69) is 5.10 Å². The molecule has 0 bridgehead atoms. The molecule has 0 saturated carbocycles. The number of halogens is 1. The van der Waals surface area contributed by atoms with E-state index in [1.165, 1.54) is 29.4 Å². The Morgan fingerprint density at radius 1 is 1.10 bits per heavy atom. The summed E-state index contributed by atoms with van der Waals surface area (Å²) in [6.07, 6.45) is 0. The van der Waals surface area contributed by atoms with Gasteiger partial charge in [0.15, 0.2) is 0 Å². The lowest BCUT2D eigenvalue weighted by Crippen LogP contribution is -2.38. The largest absolute Gasteiger partial charge is 0.456 e. The fourth-order valence-corrected chi connectivity index (χ4v) is 3.20. The molecule has 0 unspecified atom stereocenters. The van der Waals surface area contributed by atoms with E-state index in [1.807, 2.05) is 31.2 Å². The summed E-state index contributed by atoms with van der Waals surface area (Å²) in [5.74, 6) is -0.671. The molecule has 152 valence electrons. The van der Waals surface area contributed by atoms with Crippen LogP contribution in [-0.2, 0) is 32.0 Å². The molecule has 29 heavy (non-hydrogen) atoms. The van der Waals surface area contributed by atoms with Crippen LogP contribution >= 0.6 is 11.6 Å². The van der Waals surface area contributed by atoms with E-state index in [-0.39, 0.29) is 23.0 Å². The van der Waals surface area contributed by atoms with Crippen molar-refractivity contribution in [1.82, 2.24) is 18.9 Å². The molecular formula is C20H21ClN4O4. The number of rotatable bonds is 5. The lowest BCUT2D eigenvalue weighted by Gasteiger charge is -2.10. The average molecular weight is 417 g/mol. The topological polar surface area (TPSA) is 88.1 Å². The third-order valence-electron chi connectivity index (χ3n) is 4.70. The standard InChI is InChI=1S/C20H21ClN4O4/c1-12-5-7-14(8-6-12)10-25-18(21)17(13(2)22-25)19(27)29-11-15-9-16(26)24(4)20(28)23(15)3/h5-9H,10-11H2,1-4H3.